The van der Waals surface area contributed by atoms with E-state index >= 15 is 0 Å². The van der Waals surface area contributed by atoms with Gasteiger partial charge in [0, 0.05) is 23.2 Å². The van der Waals surface area contributed by atoms with Crippen molar-refractivity contribution in [1.82, 2.24) is 0 Å². The Hall–Kier alpha value is -1.27. The van der Waals surface area contributed by atoms with E-state index in [-0.39, 0.29) is 41.3 Å². The third-order valence-corrected chi connectivity index (χ3v) is 18.9. The fourth-order valence-corrected chi connectivity index (χ4v) is 17.3. The van der Waals surface area contributed by atoms with E-state index in [0.29, 0.717) is 41.9 Å². The minimum absolute atomic E-state index is 0.0520. The van der Waals surface area contributed by atoms with Crippen molar-refractivity contribution in [2.75, 3.05) is 0 Å². The van der Waals surface area contributed by atoms with Gasteiger partial charge in [-0.3, -0.25) is 4.79 Å². The van der Waals surface area contributed by atoms with E-state index in [1.165, 1.54) is 64.2 Å². The molecule has 5 nitrogen and oxygen atoms in total. The molecule has 0 bridgehead atoms. The van der Waals surface area contributed by atoms with Crippen molar-refractivity contribution >= 4 is 5.78 Å². The van der Waals surface area contributed by atoms with Gasteiger partial charge in [-0.1, -0.05) is 62.8 Å². The summed E-state index contributed by atoms with van der Waals surface area (Å²) >= 11 is 0. The van der Waals surface area contributed by atoms with Crippen LogP contribution in [0.3, 0.4) is 0 Å². The van der Waals surface area contributed by atoms with Crippen LogP contribution in [-0.2, 0) is 4.79 Å². The van der Waals surface area contributed by atoms with Gasteiger partial charge in [-0.25, -0.2) is 0 Å². The predicted octanol–water partition coefficient (Wildman–Crippen LogP) is 7.86. The molecule has 0 heterocycles. The van der Waals surface area contributed by atoms with Crippen LogP contribution in [0.25, 0.3) is 0 Å². The summed E-state index contributed by atoms with van der Waals surface area (Å²) < 4.78 is 0. The lowest BCUT2D eigenvalue weighted by molar-refractivity contribution is -0.205. The van der Waals surface area contributed by atoms with Gasteiger partial charge >= 0.3 is 0 Å². The second-order valence-electron chi connectivity index (χ2n) is 20.7. The maximum absolute atomic E-state index is 14.0. The van der Waals surface area contributed by atoms with Gasteiger partial charge < -0.3 is 20.4 Å². The molecule has 0 aliphatic heterocycles. The van der Waals surface area contributed by atoms with E-state index in [2.05, 4.69) is 27.7 Å². The van der Waals surface area contributed by atoms with Crippen molar-refractivity contribution in [3.8, 4) is 0 Å². The normalized spacial score (nSPS) is 53.2. The zero-order valence-electron chi connectivity index (χ0n) is 31.3. The lowest BCUT2D eigenvalue weighted by atomic mass is 9.38. The number of aliphatic hydroxyl groups excluding tert-OH is 3. The number of allylic oxidation sites excluding steroid dienone is 3. The summed E-state index contributed by atoms with van der Waals surface area (Å²) in [6.07, 6.45) is 18.6. The minimum atomic E-state index is -1.08. The third kappa shape index (κ3) is 3.93. The monoisotopic (exact) mass is 684 g/mol. The summed E-state index contributed by atoms with van der Waals surface area (Å²) in [4.78, 5) is 14.0. The van der Waals surface area contributed by atoms with Crippen molar-refractivity contribution < 1.29 is 25.2 Å². The average Bonchev–Trinajstić information content (AvgIpc) is 3.65. The second-order valence-corrected chi connectivity index (χ2v) is 20.7. The third-order valence-electron chi connectivity index (χ3n) is 18.9. The van der Waals surface area contributed by atoms with Gasteiger partial charge in [0.05, 0.1) is 23.9 Å². The van der Waals surface area contributed by atoms with E-state index in [4.69, 9.17) is 0 Å². The van der Waals surface area contributed by atoms with Crippen LogP contribution < -0.4 is 0 Å². The van der Waals surface area contributed by atoms with Gasteiger partial charge in [-0.05, 0) is 160 Å². The highest BCUT2D eigenvalue weighted by molar-refractivity contribution is 5.95. The molecule has 0 amide bonds. The molecule has 0 aromatic heterocycles. The van der Waals surface area contributed by atoms with Gasteiger partial charge in [0.15, 0.2) is 5.78 Å². The molecule has 10 rings (SSSR count). The maximum atomic E-state index is 14.0. The van der Waals surface area contributed by atoms with Crippen molar-refractivity contribution in [3.05, 3.63) is 33.9 Å². The Labute approximate surface area is 300 Å². The number of ketones is 1. The van der Waals surface area contributed by atoms with Gasteiger partial charge in [0.1, 0.15) is 0 Å². The molecule has 15 atom stereocenters. The molecule has 274 valence electrons. The van der Waals surface area contributed by atoms with Crippen LogP contribution in [0, 0.1) is 75.4 Å². The molecule has 0 saturated heterocycles. The molecule has 0 aromatic carbocycles. The molecule has 50 heavy (non-hydrogen) atoms. The number of carbonyl (C=O) groups is 1. The molecule has 0 aromatic rings. The maximum Gasteiger partial charge on any atom is 0.159 e. The highest BCUT2D eigenvalue weighted by atomic mass is 16.3. The number of aliphatic hydroxyl groups is 4. The van der Waals surface area contributed by atoms with E-state index in [9.17, 15) is 25.2 Å². The molecular formula is C45H64O5. The van der Waals surface area contributed by atoms with Gasteiger partial charge in [-0.2, -0.15) is 0 Å². The summed E-state index contributed by atoms with van der Waals surface area (Å²) in [5.74, 6) is 2.15. The fraction of sp³-hybridized carbons (Fsp3) is 0.844. The first-order valence-electron chi connectivity index (χ1n) is 21.3. The molecule has 7 saturated carbocycles. The second kappa shape index (κ2) is 10.9. The molecular weight excluding hydrogens is 620 g/mol. The molecule has 10 aliphatic rings. The summed E-state index contributed by atoms with van der Waals surface area (Å²) in [5.41, 5.74) is 6.32. The van der Waals surface area contributed by atoms with E-state index in [1.54, 1.807) is 22.3 Å². The highest BCUT2D eigenvalue weighted by Crippen LogP contribution is 2.74. The first kappa shape index (κ1) is 33.3. The number of hydrogen-bond donors (Lipinski definition) is 4. The Morgan fingerprint density at radius 2 is 1.56 bits per heavy atom. The largest absolute Gasteiger partial charge is 0.392 e. The van der Waals surface area contributed by atoms with Crippen LogP contribution in [0.15, 0.2) is 33.9 Å². The molecule has 7 fully saturated rings. The molecule has 10 aliphatic carbocycles. The Morgan fingerprint density at radius 1 is 0.820 bits per heavy atom. The molecule has 5 heteroatoms. The lowest BCUT2D eigenvalue weighted by Gasteiger charge is -2.67. The van der Waals surface area contributed by atoms with Crippen molar-refractivity contribution in [3.63, 3.8) is 0 Å². The summed E-state index contributed by atoms with van der Waals surface area (Å²) in [6.45, 7) is 9.38. The number of carbonyl (C=O) groups excluding carboxylic acids is 1. The summed E-state index contributed by atoms with van der Waals surface area (Å²) in [5, 5.41) is 48.3. The van der Waals surface area contributed by atoms with Crippen LogP contribution in [-0.4, -0.2) is 50.1 Å². The predicted molar refractivity (Wildman–Crippen MR) is 193 cm³/mol. The highest BCUT2D eigenvalue weighted by Gasteiger charge is 2.73. The zero-order valence-corrected chi connectivity index (χ0v) is 31.3. The van der Waals surface area contributed by atoms with Crippen LogP contribution in [0.4, 0.5) is 0 Å². The first-order chi connectivity index (χ1) is 23.9. The quantitative estimate of drug-likeness (QED) is 0.222. The Kier molecular flexibility index (Phi) is 7.27. The molecule has 1 spiro atoms. The molecule has 0 unspecified atom stereocenters. The number of rotatable bonds is 2. The number of fused-ring (bicyclic) bond motifs is 5. The van der Waals surface area contributed by atoms with Gasteiger partial charge in [0.25, 0.3) is 0 Å². The smallest absolute Gasteiger partial charge is 0.159 e. The minimum Gasteiger partial charge on any atom is -0.392 e. The Bertz CT molecular complexity index is 1560. The van der Waals surface area contributed by atoms with Crippen LogP contribution in [0.2, 0.25) is 0 Å². The van der Waals surface area contributed by atoms with Crippen LogP contribution >= 0.6 is 0 Å². The Balaban J connectivity index is 1.05. The van der Waals surface area contributed by atoms with E-state index < -0.39 is 34.7 Å². The van der Waals surface area contributed by atoms with Crippen molar-refractivity contribution in [2.24, 2.45) is 75.4 Å². The Morgan fingerprint density at radius 3 is 2.32 bits per heavy atom. The first-order valence-corrected chi connectivity index (χ1v) is 21.3. The summed E-state index contributed by atoms with van der Waals surface area (Å²) in [6, 6.07) is 0. The van der Waals surface area contributed by atoms with Crippen molar-refractivity contribution in [1.29, 1.82) is 0 Å². The SMILES string of the molecule is CC(C)C1=C2CCCC3(CCCC3)[C@H]2C2=C3[C@H](CCC2)C[C@@H]([C@H]2CC[C@@]4(O)C5=CC(=O)[C@@H]6C[C@@H](O)[C@@H](O)[C@H]7CC[C@H](C[C@]24C)[C@@H]5[C@@]76C)[C@H](O)[C@@H]13. The lowest BCUT2D eigenvalue weighted by Crippen LogP contribution is -2.68. The summed E-state index contributed by atoms with van der Waals surface area (Å²) in [7, 11) is 0. The van der Waals surface area contributed by atoms with E-state index in [1.807, 2.05) is 6.08 Å². The van der Waals surface area contributed by atoms with E-state index in [0.717, 1.165) is 37.7 Å². The standard InChI is InChI=1S/C45H64O5/c1-23(2)35-26-11-8-17-44(15-5-6-16-44)39(26)27-10-7-9-24-19-28(40(48)37(35)36(24)27)29-14-18-45(50)32-21-33(46)31-20-34(47)41(49)30-13-12-25(22-42(29,45)3)38(32)43(30,31)4/h21,23-25,28-31,34,37-41,47-50H,5-20,22H2,1-4H3/t24-,25-,28+,29-,30-,31+,34-,37+,38+,39-,40+,41+,42-,43+,45-/m1/s1. The van der Waals surface area contributed by atoms with Crippen molar-refractivity contribution in [2.45, 2.75) is 161 Å². The fourth-order valence-electron chi connectivity index (χ4n) is 17.3. The topological polar surface area (TPSA) is 98.0 Å². The number of hydrogen-bond acceptors (Lipinski definition) is 5. The van der Waals surface area contributed by atoms with Gasteiger partial charge in [-0.15, -0.1) is 0 Å². The van der Waals surface area contributed by atoms with Crippen LogP contribution in [0.5, 0.6) is 0 Å². The average molecular weight is 685 g/mol. The van der Waals surface area contributed by atoms with Crippen LogP contribution in [0.1, 0.15) is 137 Å². The zero-order chi connectivity index (χ0) is 34.7. The van der Waals surface area contributed by atoms with Gasteiger partial charge in [0.2, 0.25) is 0 Å². The molecule has 4 N–H and O–H groups in total. The molecule has 0 radical (unpaired) electrons.